The number of nitriles is 2. The fourth-order valence-corrected chi connectivity index (χ4v) is 1.02. The highest BCUT2D eigenvalue weighted by atomic mass is 16.6. The minimum Gasteiger partial charge on any atom is -0.458 e. The Bertz CT molecular complexity index is 333. The molecule has 2 N–H and O–H groups in total. The van der Waals surface area contributed by atoms with Gasteiger partial charge in [0.2, 0.25) is 5.54 Å². The number of carbonyl (C=O) groups is 1. The van der Waals surface area contributed by atoms with Gasteiger partial charge in [-0.05, 0) is 33.6 Å². The first kappa shape index (κ1) is 14.4. The average molecular weight is 223 g/mol. The minimum absolute atomic E-state index is 0.131. The van der Waals surface area contributed by atoms with Crippen LogP contribution in [0.4, 0.5) is 0 Å². The van der Waals surface area contributed by atoms with Gasteiger partial charge in [0, 0.05) is 6.42 Å². The minimum atomic E-state index is -1.65. The van der Waals surface area contributed by atoms with Crippen LogP contribution >= 0.6 is 0 Å². The van der Waals surface area contributed by atoms with E-state index in [1.807, 2.05) is 6.07 Å². The van der Waals surface area contributed by atoms with E-state index in [1.54, 1.807) is 26.8 Å². The first-order valence-electron chi connectivity index (χ1n) is 5.06. The van der Waals surface area contributed by atoms with Gasteiger partial charge in [-0.1, -0.05) is 0 Å². The third kappa shape index (κ3) is 4.77. The van der Waals surface area contributed by atoms with Gasteiger partial charge >= 0.3 is 5.97 Å². The molecule has 0 aliphatic carbocycles. The molecule has 5 nitrogen and oxygen atoms in total. The number of hydrogen-bond donors (Lipinski definition) is 1. The van der Waals surface area contributed by atoms with E-state index >= 15 is 0 Å². The van der Waals surface area contributed by atoms with Gasteiger partial charge in [0.25, 0.3) is 0 Å². The van der Waals surface area contributed by atoms with Crippen molar-refractivity contribution in [3.63, 3.8) is 0 Å². The predicted octanol–water partition coefficient (Wildman–Crippen LogP) is 1.24. The summed E-state index contributed by atoms with van der Waals surface area (Å²) in [6.45, 7) is 5.12. The van der Waals surface area contributed by atoms with E-state index in [9.17, 15) is 4.79 Å². The molecule has 1 unspecified atom stereocenters. The van der Waals surface area contributed by atoms with Gasteiger partial charge in [-0.15, -0.1) is 0 Å². The van der Waals surface area contributed by atoms with Gasteiger partial charge in [0.1, 0.15) is 5.60 Å². The molecule has 0 fully saturated rings. The second kappa shape index (κ2) is 5.48. The summed E-state index contributed by atoms with van der Waals surface area (Å²) in [5.74, 6) is -0.736. The Morgan fingerprint density at radius 1 is 1.38 bits per heavy atom. The number of ether oxygens (including phenoxy) is 1. The van der Waals surface area contributed by atoms with Crippen molar-refractivity contribution < 1.29 is 9.53 Å². The first-order valence-corrected chi connectivity index (χ1v) is 5.06. The van der Waals surface area contributed by atoms with Crippen LogP contribution in [-0.2, 0) is 9.53 Å². The lowest BCUT2D eigenvalue weighted by molar-refractivity contribution is -0.159. The molecule has 0 rings (SSSR count). The molecule has 0 saturated heterocycles. The summed E-state index contributed by atoms with van der Waals surface area (Å²) in [6.07, 6.45) is 0.801. The Morgan fingerprint density at radius 3 is 2.31 bits per heavy atom. The quantitative estimate of drug-likeness (QED) is 0.571. The van der Waals surface area contributed by atoms with Crippen LogP contribution in [0.25, 0.3) is 0 Å². The lowest BCUT2D eigenvalue weighted by Gasteiger charge is -2.26. The Kier molecular flexibility index (Phi) is 4.94. The van der Waals surface area contributed by atoms with Crippen LogP contribution in [0.2, 0.25) is 0 Å². The van der Waals surface area contributed by atoms with Gasteiger partial charge in [0.05, 0.1) is 12.1 Å². The highest BCUT2D eigenvalue weighted by Crippen LogP contribution is 2.17. The van der Waals surface area contributed by atoms with Crippen molar-refractivity contribution in [2.24, 2.45) is 5.73 Å². The summed E-state index contributed by atoms with van der Waals surface area (Å²) in [6, 6.07) is 3.69. The van der Waals surface area contributed by atoms with Crippen LogP contribution in [0.15, 0.2) is 0 Å². The van der Waals surface area contributed by atoms with Crippen molar-refractivity contribution in [3.05, 3.63) is 0 Å². The van der Waals surface area contributed by atoms with E-state index in [4.69, 9.17) is 21.0 Å². The van der Waals surface area contributed by atoms with Crippen LogP contribution < -0.4 is 5.73 Å². The molecule has 0 spiro atoms. The number of rotatable bonds is 4. The third-order valence-corrected chi connectivity index (χ3v) is 1.82. The van der Waals surface area contributed by atoms with Crippen molar-refractivity contribution in [2.75, 3.05) is 0 Å². The normalized spacial score (nSPS) is 14.4. The maximum Gasteiger partial charge on any atom is 0.341 e. The molecule has 0 bridgehead atoms. The lowest BCUT2D eigenvalue weighted by Crippen LogP contribution is -2.49. The van der Waals surface area contributed by atoms with Gasteiger partial charge in [-0.3, -0.25) is 0 Å². The molecular weight excluding hydrogens is 206 g/mol. The topological polar surface area (TPSA) is 99.9 Å². The molecule has 0 heterocycles. The van der Waals surface area contributed by atoms with Gasteiger partial charge in [0.15, 0.2) is 0 Å². The molecule has 0 radical (unpaired) electrons. The third-order valence-electron chi connectivity index (χ3n) is 1.82. The zero-order chi connectivity index (χ0) is 12.8. The molecule has 0 aromatic rings. The summed E-state index contributed by atoms with van der Waals surface area (Å²) in [5, 5.41) is 17.3. The SMILES string of the molecule is CC(C)(C)OC(=O)C(N)(C#N)CCCC#N. The fourth-order valence-electron chi connectivity index (χ4n) is 1.02. The summed E-state index contributed by atoms with van der Waals surface area (Å²) in [7, 11) is 0. The van der Waals surface area contributed by atoms with Crippen LogP contribution in [0.1, 0.15) is 40.0 Å². The second-order valence-electron chi connectivity index (χ2n) is 4.60. The molecule has 0 aliphatic rings. The summed E-state index contributed by atoms with van der Waals surface area (Å²) < 4.78 is 5.06. The molecule has 0 aromatic carbocycles. The summed E-state index contributed by atoms with van der Waals surface area (Å²) in [4.78, 5) is 11.7. The van der Waals surface area contributed by atoms with Crippen LogP contribution in [-0.4, -0.2) is 17.1 Å². The maximum atomic E-state index is 11.7. The zero-order valence-corrected chi connectivity index (χ0v) is 9.91. The van der Waals surface area contributed by atoms with E-state index in [-0.39, 0.29) is 12.8 Å². The Hall–Kier alpha value is -1.59. The molecular formula is C11H17N3O2. The van der Waals surface area contributed by atoms with E-state index in [2.05, 4.69) is 0 Å². The molecule has 0 aliphatic heterocycles. The molecule has 0 amide bonds. The standard InChI is InChI=1S/C11H17N3O2/c1-10(2,3)16-9(15)11(14,8-13)6-4-5-7-12/h4-6,14H2,1-3H3. The zero-order valence-electron chi connectivity index (χ0n) is 9.91. The Morgan fingerprint density at radius 2 is 1.94 bits per heavy atom. The first-order chi connectivity index (χ1) is 7.25. The number of nitrogens with two attached hydrogens (primary N) is 1. The van der Waals surface area contributed by atoms with Gasteiger partial charge < -0.3 is 10.5 Å². The van der Waals surface area contributed by atoms with Gasteiger partial charge in [-0.2, -0.15) is 10.5 Å². The largest absolute Gasteiger partial charge is 0.458 e. The van der Waals surface area contributed by atoms with E-state index in [0.29, 0.717) is 6.42 Å². The van der Waals surface area contributed by atoms with Crippen LogP contribution in [0, 0.1) is 22.7 Å². The van der Waals surface area contributed by atoms with Crippen LogP contribution in [0.5, 0.6) is 0 Å². The van der Waals surface area contributed by atoms with E-state index < -0.39 is 17.1 Å². The highest BCUT2D eigenvalue weighted by molar-refractivity contribution is 5.84. The highest BCUT2D eigenvalue weighted by Gasteiger charge is 2.37. The number of esters is 1. The second-order valence-corrected chi connectivity index (χ2v) is 4.60. The number of unbranched alkanes of at least 4 members (excludes halogenated alkanes) is 1. The Balaban J connectivity index is 4.53. The van der Waals surface area contributed by atoms with Crippen molar-refractivity contribution in [1.82, 2.24) is 0 Å². The van der Waals surface area contributed by atoms with Crippen molar-refractivity contribution in [2.45, 2.75) is 51.2 Å². The average Bonchev–Trinajstić information content (AvgIpc) is 2.15. The summed E-state index contributed by atoms with van der Waals surface area (Å²) >= 11 is 0. The predicted molar refractivity (Wildman–Crippen MR) is 57.8 cm³/mol. The monoisotopic (exact) mass is 223 g/mol. The molecule has 0 aromatic heterocycles. The molecule has 0 saturated carbocycles. The maximum absolute atomic E-state index is 11.7. The molecule has 88 valence electrons. The number of hydrogen-bond acceptors (Lipinski definition) is 5. The van der Waals surface area contributed by atoms with E-state index in [1.165, 1.54) is 0 Å². The van der Waals surface area contributed by atoms with Crippen LogP contribution in [0.3, 0.4) is 0 Å². The number of carbonyl (C=O) groups excluding carboxylic acids is 1. The van der Waals surface area contributed by atoms with Gasteiger partial charge in [-0.25, -0.2) is 4.79 Å². The molecule has 16 heavy (non-hydrogen) atoms. The lowest BCUT2D eigenvalue weighted by atomic mass is 9.95. The van der Waals surface area contributed by atoms with Crippen molar-refractivity contribution >= 4 is 5.97 Å². The summed E-state index contributed by atoms with van der Waals surface area (Å²) in [5.41, 5.74) is 3.32. The van der Waals surface area contributed by atoms with Crippen molar-refractivity contribution in [3.8, 4) is 12.1 Å². The van der Waals surface area contributed by atoms with E-state index in [0.717, 1.165) is 0 Å². The Labute approximate surface area is 95.8 Å². The molecule has 5 heteroatoms. The molecule has 1 atom stereocenters. The fraction of sp³-hybridized carbons (Fsp3) is 0.727. The number of nitrogens with zero attached hydrogens (tertiary/aromatic N) is 2. The smallest absolute Gasteiger partial charge is 0.341 e. The van der Waals surface area contributed by atoms with Crippen molar-refractivity contribution in [1.29, 1.82) is 10.5 Å².